The molecule has 148 valence electrons. The lowest BCUT2D eigenvalue weighted by Crippen LogP contribution is -2.54. The summed E-state index contributed by atoms with van der Waals surface area (Å²) in [7, 11) is 0. The van der Waals surface area contributed by atoms with Crippen molar-refractivity contribution in [2.45, 2.75) is 6.61 Å². The third kappa shape index (κ3) is 4.67. The first-order valence-electron chi connectivity index (χ1n) is 8.56. The number of para-hydroxylation sites is 1. The predicted molar refractivity (Wildman–Crippen MR) is 111 cm³/mol. The molecule has 0 radical (unpaired) electrons. The molecule has 3 rings (SSSR count). The molecule has 0 atom stereocenters. The third-order valence-electron chi connectivity index (χ3n) is 4.11. The number of hydrogen-bond acceptors (Lipinski definition) is 4. The zero-order valence-corrected chi connectivity index (χ0v) is 16.7. The minimum atomic E-state index is -0.779. The molecule has 0 unspecified atom stereocenters. The zero-order valence-electron chi connectivity index (χ0n) is 15.2. The number of ether oxygens (including phenoxy) is 1. The van der Waals surface area contributed by atoms with Crippen LogP contribution in [0.2, 0.25) is 10.0 Å². The van der Waals surface area contributed by atoms with Gasteiger partial charge in [0.05, 0.1) is 0 Å². The van der Waals surface area contributed by atoms with E-state index in [9.17, 15) is 14.4 Å². The van der Waals surface area contributed by atoms with Crippen LogP contribution in [0.4, 0.5) is 4.79 Å². The lowest BCUT2D eigenvalue weighted by atomic mass is 10.1. The third-order valence-corrected chi connectivity index (χ3v) is 4.70. The SMILES string of the molecule is C=CCN1C(=O)NC(=O)/C(=C\c2ccccc2OCc2ccc(Cl)cc2Cl)C1=O. The molecule has 0 spiro atoms. The highest BCUT2D eigenvalue weighted by molar-refractivity contribution is 6.35. The van der Waals surface area contributed by atoms with Gasteiger partial charge in [0, 0.05) is 27.7 Å². The van der Waals surface area contributed by atoms with Crippen molar-refractivity contribution < 1.29 is 19.1 Å². The Morgan fingerprint density at radius 3 is 2.59 bits per heavy atom. The summed E-state index contributed by atoms with van der Waals surface area (Å²) in [5.74, 6) is -1.02. The summed E-state index contributed by atoms with van der Waals surface area (Å²) >= 11 is 12.1. The summed E-state index contributed by atoms with van der Waals surface area (Å²) in [6.45, 7) is 3.67. The number of amides is 4. The molecule has 1 aliphatic heterocycles. The van der Waals surface area contributed by atoms with Crippen molar-refractivity contribution in [1.29, 1.82) is 0 Å². The second kappa shape index (κ2) is 8.94. The minimum absolute atomic E-state index is 0.0114. The van der Waals surface area contributed by atoms with Gasteiger partial charge in [0.2, 0.25) is 0 Å². The highest BCUT2D eigenvalue weighted by atomic mass is 35.5. The van der Waals surface area contributed by atoms with Gasteiger partial charge < -0.3 is 4.74 Å². The highest BCUT2D eigenvalue weighted by Crippen LogP contribution is 2.26. The standard InChI is InChI=1S/C21H16Cl2N2O4/c1-2-9-25-20(27)16(19(26)24-21(25)28)10-13-5-3-4-6-18(13)29-12-14-7-8-15(22)11-17(14)23/h2-8,10-11H,1,9,12H2,(H,24,26,28)/b16-10+. The van der Waals surface area contributed by atoms with E-state index in [-0.39, 0.29) is 18.7 Å². The maximum Gasteiger partial charge on any atom is 0.331 e. The topological polar surface area (TPSA) is 75.7 Å². The summed E-state index contributed by atoms with van der Waals surface area (Å²) in [6.07, 6.45) is 2.79. The quantitative estimate of drug-likeness (QED) is 0.422. The lowest BCUT2D eigenvalue weighted by molar-refractivity contribution is -0.129. The molecule has 1 fully saturated rings. The Morgan fingerprint density at radius 2 is 1.86 bits per heavy atom. The van der Waals surface area contributed by atoms with E-state index in [0.29, 0.717) is 21.4 Å². The van der Waals surface area contributed by atoms with Gasteiger partial charge in [-0.05, 0) is 24.3 Å². The van der Waals surface area contributed by atoms with Gasteiger partial charge in [0.25, 0.3) is 11.8 Å². The van der Waals surface area contributed by atoms with Crippen LogP contribution < -0.4 is 10.1 Å². The smallest absolute Gasteiger partial charge is 0.331 e. The Morgan fingerprint density at radius 1 is 1.10 bits per heavy atom. The number of imide groups is 2. The van der Waals surface area contributed by atoms with Crippen LogP contribution in [-0.2, 0) is 16.2 Å². The second-order valence-corrected chi connectivity index (χ2v) is 6.93. The Kier molecular flexibility index (Phi) is 6.36. The van der Waals surface area contributed by atoms with E-state index >= 15 is 0 Å². The summed E-state index contributed by atoms with van der Waals surface area (Å²) < 4.78 is 5.84. The van der Waals surface area contributed by atoms with E-state index in [0.717, 1.165) is 10.5 Å². The first-order chi connectivity index (χ1) is 13.9. The molecule has 0 aromatic heterocycles. The average molecular weight is 431 g/mol. The number of nitrogens with one attached hydrogen (secondary N) is 1. The van der Waals surface area contributed by atoms with Gasteiger partial charge in [-0.2, -0.15) is 0 Å². The van der Waals surface area contributed by atoms with Gasteiger partial charge in [0.15, 0.2) is 0 Å². The Hall–Kier alpha value is -3.09. The molecule has 29 heavy (non-hydrogen) atoms. The lowest BCUT2D eigenvalue weighted by Gasteiger charge is -2.25. The molecular weight excluding hydrogens is 415 g/mol. The van der Waals surface area contributed by atoms with E-state index < -0.39 is 17.8 Å². The molecule has 0 saturated carbocycles. The van der Waals surface area contributed by atoms with Crippen LogP contribution in [0.25, 0.3) is 6.08 Å². The first-order valence-corrected chi connectivity index (χ1v) is 9.32. The van der Waals surface area contributed by atoms with Crippen LogP contribution in [0.1, 0.15) is 11.1 Å². The number of nitrogens with zero attached hydrogens (tertiary/aromatic N) is 1. The molecule has 1 aliphatic rings. The van der Waals surface area contributed by atoms with Crippen molar-refractivity contribution in [3.05, 3.63) is 81.9 Å². The molecule has 1 N–H and O–H groups in total. The molecular formula is C21H16Cl2N2O4. The van der Waals surface area contributed by atoms with E-state index in [1.165, 1.54) is 12.2 Å². The average Bonchev–Trinajstić information content (AvgIpc) is 2.68. The van der Waals surface area contributed by atoms with Crippen LogP contribution in [0, 0.1) is 0 Å². The molecule has 4 amide bonds. The summed E-state index contributed by atoms with van der Waals surface area (Å²) in [5.41, 5.74) is 1.06. The van der Waals surface area contributed by atoms with Gasteiger partial charge in [-0.3, -0.25) is 19.8 Å². The minimum Gasteiger partial charge on any atom is -0.488 e. The van der Waals surface area contributed by atoms with E-state index in [1.54, 1.807) is 42.5 Å². The van der Waals surface area contributed by atoms with E-state index in [4.69, 9.17) is 27.9 Å². The molecule has 6 nitrogen and oxygen atoms in total. The summed E-state index contributed by atoms with van der Waals surface area (Å²) in [4.78, 5) is 37.5. The number of urea groups is 1. The fourth-order valence-corrected chi connectivity index (χ4v) is 3.13. The number of barbiturate groups is 1. The molecule has 0 bridgehead atoms. The number of benzene rings is 2. The monoisotopic (exact) mass is 430 g/mol. The largest absolute Gasteiger partial charge is 0.488 e. The highest BCUT2D eigenvalue weighted by Gasteiger charge is 2.35. The van der Waals surface area contributed by atoms with Crippen molar-refractivity contribution in [2.75, 3.05) is 6.54 Å². The van der Waals surface area contributed by atoms with Gasteiger partial charge in [-0.25, -0.2) is 4.79 Å². The molecule has 8 heteroatoms. The molecule has 1 heterocycles. The zero-order chi connectivity index (χ0) is 21.0. The van der Waals surface area contributed by atoms with Crippen molar-refractivity contribution in [2.24, 2.45) is 0 Å². The number of carbonyl (C=O) groups is 3. The van der Waals surface area contributed by atoms with E-state index in [2.05, 4.69) is 11.9 Å². The Bertz CT molecular complexity index is 1030. The van der Waals surface area contributed by atoms with E-state index in [1.807, 2.05) is 0 Å². The van der Waals surface area contributed by atoms with Crippen LogP contribution in [0.3, 0.4) is 0 Å². The number of carbonyl (C=O) groups excluding carboxylic acids is 3. The number of halogens is 2. The van der Waals surface area contributed by atoms with Gasteiger partial charge in [-0.15, -0.1) is 6.58 Å². The molecule has 2 aromatic carbocycles. The number of rotatable bonds is 6. The van der Waals surface area contributed by atoms with Crippen molar-refractivity contribution in [3.8, 4) is 5.75 Å². The maximum absolute atomic E-state index is 12.6. The normalized spacial score (nSPS) is 15.4. The molecule has 2 aromatic rings. The van der Waals surface area contributed by atoms with Crippen LogP contribution in [0.5, 0.6) is 5.75 Å². The summed E-state index contributed by atoms with van der Waals surface area (Å²) in [6, 6.07) is 11.2. The van der Waals surface area contributed by atoms with Crippen molar-refractivity contribution in [3.63, 3.8) is 0 Å². The fourth-order valence-electron chi connectivity index (χ4n) is 2.67. The Balaban J connectivity index is 1.87. The van der Waals surface area contributed by atoms with Crippen LogP contribution >= 0.6 is 23.2 Å². The van der Waals surface area contributed by atoms with Gasteiger partial charge in [-0.1, -0.05) is 53.5 Å². The van der Waals surface area contributed by atoms with Gasteiger partial charge in [0.1, 0.15) is 17.9 Å². The van der Waals surface area contributed by atoms with Crippen molar-refractivity contribution in [1.82, 2.24) is 10.2 Å². The molecule has 0 aliphatic carbocycles. The molecule has 1 saturated heterocycles. The number of hydrogen-bond donors (Lipinski definition) is 1. The van der Waals surface area contributed by atoms with Crippen molar-refractivity contribution >= 4 is 47.1 Å². The van der Waals surface area contributed by atoms with Crippen LogP contribution in [-0.4, -0.2) is 29.3 Å². The summed E-state index contributed by atoms with van der Waals surface area (Å²) in [5, 5.41) is 3.13. The maximum atomic E-state index is 12.6. The fraction of sp³-hybridized carbons (Fsp3) is 0.0952. The second-order valence-electron chi connectivity index (χ2n) is 6.08. The van der Waals surface area contributed by atoms with Crippen LogP contribution in [0.15, 0.2) is 60.7 Å². The first kappa shape index (κ1) is 20.6. The Labute approximate surface area is 177 Å². The predicted octanol–water partition coefficient (Wildman–Crippen LogP) is 4.22. The van der Waals surface area contributed by atoms with Gasteiger partial charge >= 0.3 is 6.03 Å².